The summed E-state index contributed by atoms with van der Waals surface area (Å²) >= 11 is 0. The van der Waals surface area contributed by atoms with Gasteiger partial charge in [-0.3, -0.25) is 19.5 Å². The summed E-state index contributed by atoms with van der Waals surface area (Å²) in [5.41, 5.74) is 3.10. The zero-order chi connectivity index (χ0) is 32.9. The van der Waals surface area contributed by atoms with E-state index in [2.05, 4.69) is 15.0 Å². The third-order valence-electron chi connectivity index (χ3n) is 10.2. The molecule has 252 valence electrons. The average molecular weight is 645 g/mol. The molecule has 4 heterocycles. The van der Waals surface area contributed by atoms with Gasteiger partial charge in [0, 0.05) is 70.5 Å². The number of carbonyl (C=O) groups excluding carboxylic acids is 2. The molecule has 3 aliphatic rings. The van der Waals surface area contributed by atoms with E-state index in [0.29, 0.717) is 57.3 Å². The Hall–Kier alpha value is -3.96. The van der Waals surface area contributed by atoms with Crippen LogP contribution in [0.1, 0.15) is 61.3 Å². The van der Waals surface area contributed by atoms with Crippen LogP contribution in [0.4, 0.5) is 0 Å². The van der Waals surface area contributed by atoms with E-state index in [4.69, 9.17) is 4.74 Å². The van der Waals surface area contributed by atoms with E-state index in [-0.39, 0.29) is 35.7 Å². The van der Waals surface area contributed by atoms with Crippen molar-refractivity contribution < 1.29 is 19.4 Å². The van der Waals surface area contributed by atoms with Crippen LogP contribution in [-0.4, -0.2) is 105 Å². The molecule has 0 bridgehead atoms. The Kier molecular flexibility index (Phi) is 10.4. The molecule has 3 fully saturated rings. The number of nitrogens with one attached hydrogen (secondary N) is 1. The lowest BCUT2D eigenvalue weighted by Gasteiger charge is -2.34. The van der Waals surface area contributed by atoms with Crippen molar-refractivity contribution in [2.24, 2.45) is 5.92 Å². The molecule has 0 saturated carbocycles. The molecule has 3 saturated heterocycles. The van der Waals surface area contributed by atoms with Gasteiger partial charge in [-0.2, -0.15) is 0 Å². The van der Waals surface area contributed by atoms with Crippen LogP contribution in [0.25, 0.3) is 11.4 Å². The fourth-order valence-electron chi connectivity index (χ4n) is 7.54. The van der Waals surface area contributed by atoms with Gasteiger partial charge >= 0.3 is 5.69 Å². The maximum absolute atomic E-state index is 14.2. The van der Waals surface area contributed by atoms with Crippen LogP contribution in [0.15, 0.2) is 47.3 Å². The van der Waals surface area contributed by atoms with Gasteiger partial charge in [-0.05, 0) is 69.1 Å². The van der Waals surface area contributed by atoms with Crippen molar-refractivity contribution in [3.63, 3.8) is 0 Å². The lowest BCUT2D eigenvalue weighted by molar-refractivity contribution is -0.142. The van der Waals surface area contributed by atoms with E-state index in [1.165, 1.54) is 4.68 Å². The van der Waals surface area contributed by atoms with Gasteiger partial charge in [0.2, 0.25) is 11.8 Å². The molecule has 6 rings (SSSR count). The van der Waals surface area contributed by atoms with Gasteiger partial charge in [0.1, 0.15) is 5.75 Å². The fourth-order valence-corrected chi connectivity index (χ4v) is 7.54. The van der Waals surface area contributed by atoms with Crippen molar-refractivity contribution >= 4 is 11.8 Å². The summed E-state index contributed by atoms with van der Waals surface area (Å²) in [5.74, 6) is 0.303. The number of carbonyl (C=O) groups is 2. The number of hydrogen-bond donors (Lipinski definition) is 2. The topological polar surface area (TPSA) is 124 Å². The predicted octanol–water partition coefficient (Wildman–Crippen LogP) is 3.69. The lowest BCUT2D eigenvalue weighted by atomic mass is 9.91. The highest BCUT2D eigenvalue weighted by atomic mass is 16.5. The number of aromatic nitrogens is 3. The second-order valence-electron chi connectivity index (χ2n) is 13.4. The smallest absolute Gasteiger partial charge is 0.343 e. The van der Waals surface area contributed by atoms with Crippen LogP contribution in [0.2, 0.25) is 0 Å². The molecule has 0 aliphatic carbocycles. The average Bonchev–Trinajstić information content (AvgIpc) is 3.31. The standard InChI is InChI=1S/C36H48N6O5/c1-25-21-27(22-26(2)33(25)44)23-29(35(45)41-14-6-13-39(17-18-41)30-11-19-47-20-12-30)24-32(43)40-15-9-31(10-16-40)42-36(46)37-34(38-42)28-7-4-3-5-8-28/h3-5,7-8,21-22,29-31,44H,6,9-20,23-24H2,1-2H3,(H,37,38,46)/t29-/m0/s1. The van der Waals surface area contributed by atoms with E-state index in [1.807, 2.05) is 66.1 Å². The summed E-state index contributed by atoms with van der Waals surface area (Å²) in [6.07, 6.45) is 4.78. The third kappa shape index (κ3) is 7.79. The number of H-pyrrole nitrogens is 1. The number of phenols is 1. The van der Waals surface area contributed by atoms with Gasteiger partial charge < -0.3 is 19.6 Å². The number of nitrogens with zero attached hydrogens (tertiary/aromatic N) is 5. The number of benzene rings is 2. The molecule has 11 heteroatoms. The van der Waals surface area contributed by atoms with Crippen LogP contribution < -0.4 is 5.69 Å². The second-order valence-corrected chi connectivity index (χ2v) is 13.4. The minimum Gasteiger partial charge on any atom is -0.507 e. The molecule has 2 N–H and O–H groups in total. The summed E-state index contributed by atoms with van der Waals surface area (Å²) in [7, 11) is 0. The van der Waals surface area contributed by atoms with Gasteiger partial charge in [-0.25, -0.2) is 9.48 Å². The molecule has 3 aromatic rings. The molecule has 2 aromatic carbocycles. The van der Waals surface area contributed by atoms with Crippen molar-refractivity contribution in [3.05, 3.63) is 69.6 Å². The second kappa shape index (κ2) is 14.9. The molecule has 1 aromatic heterocycles. The maximum atomic E-state index is 14.2. The Balaban J connectivity index is 1.12. The van der Waals surface area contributed by atoms with Crippen LogP contribution in [0.3, 0.4) is 0 Å². The molecular weight excluding hydrogens is 596 g/mol. The summed E-state index contributed by atoms with van der Waals surface area (Å²) in [4.78, 5) is 50.0. The Morgan fingerprint density at radius 3 is 2.32 bits per heavy atom. The normalized spacial score (nSPS) is 19.4. The Labute approximate surface area is 276 Å². The van der Waals surface area contributed by atoms with Gasteiger partial charge in [-0.15, -0.1) is 5.10 Å². The zero-order valence-corrected chi connectivity index (χ0v) is 27.7. The molecule has 3 aliphatic heterocycles. The highest BCUT2D eigenvalue weighted by Crippen LogP contribution is 2.28. The number of amides is 2. The largest absolute Gasteiger partial charge is 0.507 e. The van der Waals surface area contributed by atoms with E-state index in [9.17, 15) is 19.5 Å². The number of phenolic OH excluding ortho intramolecular Hbond substituents is 1. The first-order valence-corrected chi connectivity index (χ1v) is 17.2. The number of aromatic amines is 1. The quantitative estimate of drug-likeness (QED) is 0.384. The van der Waals surface area contributed by atoms with E-state index >= 15 is 0 Å². The van der Waals surface area contributed by atoms with Crippen LogP contribution in [0, 0.1) is 19.8 Å². The number of piperidine rings is 1. The van der Waals surface area contributed by atoms with Gasteiger partial charge in [-0.1, -0.05) is 42.5 Å². The summed E-state index contributed by atoms with van der Waals surface area (Å²) in [6.45, 7) is 9.48. The number of aromatic hydroxyl groups is 1. The Morgan fingerprint density at radius 1 is 0.915 bits per heavy atom. The van der Waals surface area contributed by atoms with Gasteiger partial charge in [0.25, 0.3) is 0 Å². The number of aryl methyl sites for hydroxylation is 2. The lowest BCUT2D eigenvalue weighted by Crippen LogP contribution is -2.45. The Bertz CT molecular complexity index is 1570. The van der Waals surface area contributed by atoms with Crippen molar-refractivity contribution in [1.29, 1.82) is 0 Å². The van der Waals surface area contributed by atoms with Crippen molar-refractivity contribution in [3.8, 4) is 17.1 Å². The van der Waals surface area contributed by atoms with E-state index in [1.54, 1.807) is 0 Å². The molecule has 0 spiro atoms. The molecule has 11 nitrogen and oxygen atoms in total. The molecule has 1 atom stereocenters. The highest BCUT2D eigenvalue weighted by molar-refractivity contribution is 5.86. The predicted molar refractivity (Wildman–Crippen MR) is 179 cm³/mol. The number of hydrogen-bond acceptors (Lipinski definition) is 7. The van der Waals surface area contributed by atoms with Gasteiger partial charge in [0.15, 0.2) is 5.82 Å². The zero-order valence-electron chi connectivity index (χ0n) is 27.7. The van der Waals surface area contributed by atoms with Crippen molar-refractivity contribution in [1.82, 2.24) is 29.5 Å². The monoisotopic (exact) mass is 644 g/mol. The highest BCUT2D eigenvalue weighted by Gasteiger charge is 2.33. The van der Waals surface area contributed by atoms with Crippen LogP contribution >= 0.6 is 0 Å². The summed E-state index contributed by atoms with van der Waals surface area (Å²) in [6, 6.07) is 13.8. The third-order valence-corrected chi connectivity index (χ3v) is 10.2. The summed E-state index contributed by atoms with van der Waals surface area (Å²) in [5, 5.41) is 14.9. The van der Waals surface area contributed by atoms with E-state index in [0.717, 1.165) is 67.8 Å². The minimum atomic E-state index is -0.499. The first-order valence-electron chi connectivity index (χ1n) is 17.2. The van der Waals surface area contributed by atoms with Crippen molar-refractivity contribution in [2.75, 3.05) is 52.5 Å². The van der Waals surface area contributed by atoms with Crippen molar-refractivity contribution in [2.45, 2.75) is 70.9 Å². The summed E-state index contributed by atoms with van der Waals surface area (Å²) < 4.78 is 7.09. The van der Waals surface area contributed by atoms with E-state index < -0.39 is 5.92 Å². The minimum absolute atomic E-state index is 0.0296. The number of rotatable bonds is 8. The number of ether oxygens (including phenoxy) is 1. The maximum Gasteiger partial charge on any atom is 0.343 e. The van der Waals surface area contributed by atoms with Crippen LogP contribution in [-0.2, 0) is 20.7 Å². The molecular formula is C36H48N6O5. The fraction of sp³-hybridized carbons (Fsp3) is 0.556. The first-order chi connectivity index (χ1) is 22.8. The Morgan fingerprint density at radius 2 is 1.62 bits per heavy atom. The van der Waals surface area contributed by atoms with Crippen LogP contribution in [0.5, 0.6) is 5.75 Å². The molecule has 2 amide bonds. The molecule has 0 unspecified atom stereocenters. The molecule has 0 radical (unpaired) electrons. The molecule has 47 heavy (non-hydrogen) atoms. The number of likely N-dealkylation sites (tertiary alicyclic amines) is 1. The SMILES string of the molecule is Cc1cc(C[C@@H](CC(=O)N2CCC(n3nc(-c4ccccc4)[nH]c3=O)CC2)C(=O)N2CCCN(C3CCOCC3)CC2)cc(C)c1O. The van der Waals surface area contributed by atoms with Gasteiger partial charge in [0.05, 0.1) is 12.0 Å². The first kappa shape index (κ1) is 33.0.